The van der Waals surface area contributed by atoms with Gasteiger partial charge in [-0.15, -0.1) is 0 Å². The molecule has 0 aliphatic carbocycles. The van der Waals surface area contributed by atoms with E-state index in [4.69, 9.17) is 9.47 Å². The van der Waals surface area contributed by atoms with Gasteiger partial charge >= 0.3 is 11.9 Å². The van der Waals surface area contributed by atoms with Gasteiger partial charge in [-0.3, -0.25) is 0 Å². The molecule has 0 heterocycles. The van der Waals surface area contributed by atoms with Gasteiger partial charge in [0, 0.05) is 0 Å². The summed E-state index contributed by atoms with van der Waals surface area (Å²) in [6, 6.07) is 12.2. The summed E-state index contributed by atoms with van der Waals surface area (Å²) in [6.07, 6.45) is 9.58. The van der Waals surface area contributed by atoms with Gasteiger partial charge in [0.05, 0.1) is 41.3 Å². The highest BCUT2D eigenvalue weighted by molar-refractivity contribution is 5.74. The Morgan fingerprint density at radius 1 is 0.565 bits per heavy atom. The van der Waals surface area contributed by atoms with Crippen LogP contribution >= 0.6 is 0 Å². The zero-order valence-corrected chi connectivity index (χ0v) is 31.9. The van der Waals surface area contributed by atoms with Crippen LogP contribution in [-0.4, -0.2) is 75.3 Å². The van der Waals surface area contributed by atoms with Crippen LogP contribution in [0.2, 0.25) is 0 Å². The Hall–Kier alpha value is -2.12. The van der Waals surface area contributed by atoms with Crippen molar-refractivity contribution in [3.63, 3.8) is 0 Å². The molecule has 0 unspecified atom stereocenters. The van der Waals surface area contributed by atoms with E-state index in [-0.39, 0.29) is 36.8 Å². The zero-order valence-electron chi connectivity index (χ0n) is 30.4. The van der Waals surface area contributed by atoms with Gasteiger partial charge in [0.25, 0.3) is 0 Å². The quantitative estimate of drug-likeness (QED) is 0.0990. The molecule has 2 aromatic carbocycles. The number of halogens is 2. The molecule has 0 aliphatic rings. The summed E-state index contributed by atoms with van der Waals surface area (Å²) in [5.74, 6) is 1.71. The Morgan fingerprint density at radius 3 is 1.17 bits per heavy atom. The maximum absolute atomic E-state index is 12.7. The van der Waals surface area contributed by atoms with E-state index in [2.05, 4.69) is 80.2 Å². The number of quaternary nitrogens is 2. The summed E-state index contributed by atoms with van der Waals surface area (Å²) in [7, 11) is 8.47. The molecule has 0 amide bonds. The highest BCUT2D eigenvalue weighted by Crippen LogP contribution is 2.29. The Bertz CT molecular complexity index is 1120. The molecule has 0 fully saturated rings. The SMILES string of the molecule is Cc1ccc(C(C)C)c(OC(=O)C[N+](C)(C)CCCCCCCCCC[N+](C)(C)CC(=O)Oc2cc(C)ccc2C(C)C)c1.[Cl-].[Cl-]. The molecule has 0 bridgehead atoms. The molecule has 8 heteroatoms. The van der Waals surface area contributed by atoms with E-state index in [1.54, 1.807) is 0 Å². The largest absolute Gasteiger partial charge is 1.00 e. The van der Waals surface area contributed by atoms with Gasteiger partial charge in [-0.2, -0.15) is 0 Å². The molecular weight excluding hydrogens is 619 g/mol. The van der Waals surface area contributed by atoms with Gasteiger partial charge < -0.3 is 43.3 Å². The number of ether oxygens (including phenoxy) is 2. The lowest BCUT2D eigenvalue weighted by Crippen LogP contribution is -3.00. The van der Waals surface area contributed by atoms with E-state index in [0.717, 1.165) is 48.2 Å². The van der Waals surface area contributed by atoms with Crippen molar-refractivity contribution >= 4 is 11.9 Å². The van der Waals surface area contributed by atoms with Gasteiger partial charge in [0.1, 0.15) is 11.5 Å². The van der Waals surface area contributed by atoms with Gasteiger partial charge in [0.15, 0.2) is 13.1 Å². The van der Waals surface area contributed by atoms with Crippen molar-refractivity contribution in [2.45, 2.75) is 105 Å². The van der Waals surface area contributed by atoms with Crippen molar-refractivity contribution in [3.05, 3.63) is 58.7 Å². The fourth-order valence-corrected chi connectivity index (χ4v) is 5.72. The fraction of sp³-hybridized carbons (Fsp3) is 0.632. The number of hydrogen-bond donors (Lipinski definition) is 0. The highest BCUT2D eigenvalue weighted by Gasteiger charge is 2.24. The molecule has 46 heavy (non-hydrogen) atoms. The van der Waals surface area contributed by atoms with Crippen molar-refractivity contribution in [3.8, 4) is 11.5 Å². The monoisotopic (exact) mass is 680 g/mol. The normalized spacial score (nSPS) is 11.7. The van der Waals surface area contributed by atoms with Crippen molar-refractivity contribution in [1.82, 2.24) is 0 Å². The molecule has 0 N–H and O–H groups in total. The average Bonchev–Trinajstić information content (AvgIpc) is 2.88. The van der Waals surface area contributed by atoms with E-state index in [9.17, 15) is 9.59 Å². The number of benzene rings is 2. The molecule has 6 nitrogen and oxygen atoms in total. The Labute approximate surface area is 293 Å². The topological polar surface area (TPSA) is 52.6 Å². The number of aryl methyl sites for hydroxylation is 2. The van der Waals surface area contributed by atoms with Crippen LogP contribution in [0.4, 0.5) is 0 Å². The van der Waals surface area contributed by atoms with Gasteiger partial charge in [-0.25, -0.2) is 9.59 Å². The number of hydrogen-bond acceptors (Lipinski definition) is 4. The van der Waals surface area contributed by atoms with E-state index < -0.39 is 0 Å². The van der Waals surface area contributed by atoms with Crippen molar-refractivity contribution in [2.75, 3.05) is 54.4 Å². The van der Waals surface area contributed by atoms with E-state index in [1.807, 2.05) is 26.0 Å². The summed E-state index contributed by atoms with van der Waals surface area (Å²) < 4.78 is 12.9. The van der Waals surface area contributed by atoms with Crippen LogP contribution in [0, 0.1) is 13.8 Å². The van der Waals surface area contributed by atoms with Crippen LogP contribution in [0.1, 0.15) is 113 Å². The molecule has 0 aliphatic heterocycles. The Morgan fingerprint density at radius 2 is 0.870 bits per heavy atom. The predicted molar refractivity (Wildman–Crippen MR) is 182 cm³/mol. The first-order valence-corrected chi connectivity index (χ1v) is 16.8. The summed E-state index contributed by atoms with van der Waals surface area (Å²) in [4.78, 5) is 25.5. The minimum atomic E-state index is -0.160. The molecule has 262 valence electrons. The van der Waals surface area contributed by atoms with Crippen LogP contribution in [0.25, 0.3) is 0 Å². The fourth-order valence-electron chi connectivity index (χ4n) is 5.72. The van der Waals surface area contributed by atoms with E-state index >= 15 is 0 Å². The summed E-state index contributed by atoms with van der Waals surface area (Å²) in [6.45, 7) is 15.2. The Kier molecular flexibility index (Phi) is 20.0. The minimum Gasteiger partial charge on any atom is -1.00 e. The number of likely N-dealkylation sites (N-methyl/N-ethyl adjacent to an activating group) is 2. The first-order valence-electron chi connectivity index (χ1n) is 16.8. The van der Waals surface area contributed by atoms with Crippen LogP contribution < -0.4 is 34.3 Å². The molecular formula is C38H62Cl2N2O4. The molecule has 0 atom stereocenters. The molecule has 2 rings (SSSR count). The van der Waals surface area contributed by atoms with Crippen molar-refractivity contribution in [2.24, 2.45) is 0 Å². The predicted octanol–water partition coefficient (Wildman–Crippen LogP) is 2.34. The number of unbranched alkanes of at least 4 members (excludes halogenated alkanes) is 7. The third-order valence-corrected chi connectivity index (χ3v) is 8.42. The maximum Gasteiger partial charge on any atom is 0.367 e. The van der Waals surface area contributed by atoms with Crippen LogP contribution in [0.3, 0.4) is 0 Å². The third-order valence-electron chi connectivity index (χ3n) is 8.42. The highest BCUT2D eigenvalue weighted by atomic mass is 35.5. The lowest BCUT2D eigenvalue weighted by Gasteiger charge is -2.29. The number of carbonyl (C=O) groups is 2. The number of esters is 2. The van der Waals surface area contributed by atoms with Crippen LogP contribution in [0.5, 0.6) is 11.5 Å². The van der Waals surface area contributed by atoms with E-state index in [1.165, 1.54) is 38.5 Å². The minimum absolute atomic E-state index is 0. The van der Waals surface area contributed by atoms with E-state index in [0.29, 0.717) is 45.4 Å². The number of carbonyl (C=O) groups excluding carboxylic acids is 2. The van der Waals surface area contributed by atoms with Crippen molar-refractivity contribution < 1.29 is 52.8 Å². The van der Waals surface area contributed by atoms with Crippen molar-refractivity contribution in [1.29, 1.82) is 0 Å². The van der Waals surface area contributed by atoms with Crippen LogP contribution in [-0.2, 0) is 9.59 Å². The second-order valence-electron chi connectivity index (χ2n) is 14.8. The van der Waals surface area contributed by atoms with Gasteiger partial charge in [0.2, 0.25) is 0 Å². The molecule has 0 aromatic heterocycles. The zero-order chi connectivity index (χ0) is 32.9. The summed E-state index contributed by atoms with van der Waals surface area (Å²) in [5.41, 5.74) is 4.36. The first kappa shape index (κ1) is 43.9. The smallest absolute Gasteiger partial charge is 0.367 e. The number of rotatable bonds is 19. The summed E-state index contributed by atoms with van der Waals surface area (Å²) >= 11 is 0. The Balaban J connectivity index is 0.0000101. The number of nitrogens with zero attached hydrogens (tertiary/aromatic N) is 2. The maximum atomic E-state index is 12.7. The third kappa shape index (κ3) is 16.6. The molecule has 0 saturated heterocycles. The molecule has 0 radical (unpaired) electrons. The molecule has 0 spiro atoms. The van der Waals surface area contributed by atoms with Crippen LogP contribution in [0.15, 0.2) is 36.4 Å². The molecule has 2 aromatic rings. The second kappa shape index (κ2) is 21.0. The lowest BCUT2D eigenvalue weighted by molar-refractivity contribution is -0.883. The lowest BCUT2D eigenvalue weighted by atomic mass is 10.0. The van der Waals surface area contributed by atoms with Gasteiger partial charge in [-0.1, -0.05) is 77.6 Å². The van der Waals surface area contributed by atoms with Gasteiger partial charge in [-0.05, 0) is 85.8 Å². The molecule has 0 saturated carbocycles. The standard InChI is InChI=1S/C38H62N2O4.2ClH/c1-29(2)33-21-19-31(5)25-35(33)43-37(41)27-39(7,8)23-17-15-13-11-12-14-16-18-24-40(9,10)28-38(42)44-36-26-32(6)20-22-34(36)30(3)4;;/h19-22,25-26,29-30H,11-18,23-24,27-28H2,1-10H3;2*1H/q+2;;/p-2. The summed E-state index contributed by atoms with van der Waals surface area (Å²) in [5, 5.41) is 0. The first-order chi connectivity index (χ1) is 20.6. The average molecular weight is 682 g/mol. The second-order valence-corrected chi connectivity index (χ2v) is 14.8.